The van der Waals surface area contributed by atoms with Gasteiger partial charge in [-0.1, -0.05) is 72.8 Å². The number of carbonyl (C=O) groups excluding carboxylic acids is 2. The predicted molar refractivity (Wildman–Crippen MR) is 128 cm³/mol. The number of benzene rings is 3. The first-order valence-electron chi connectivity index (χ1n) is 11.0. The van der Waals surface area contributed by atoms with Gasteiger partial charge in [-0.05, 0) is 30.2 Å². The molecule has 0 fully saturated rings. The zero-order chi connectivity index (χ0) is 23.5. The third-order valence-corrected chi connectivity index (χ3v) is 5.24. The highest BCUT2D eigenvalue weighted by Gasteiger charge is 2.30. The summed E-state index contributed by atoms with van der Waals surface area (Å²) in [7, 11) is 1.55. The zero-order valence-corrected chi connectivity index (χ0v) is 19.1. The topological polar surface area (TPSA) is 67.9 Å². The third kappa shape index (κ3) is 6.84. The van der Waals surface area contributed by atoms with Crippen LogP contribution in [-0.4, -0.2) is 43.0 Å². The second kappa shape index (κ2) is 12.3. The molecule has 3 rings (SSSR count). The number of amides is 2. The van der Waals surface area contributed by atoms with Crippen LogP contribution in [0.1, 0.15) is 18.1 Å². The molecule has 0 saturated heterocycles. The fraction of sp³-hybridized carbons (Fsp3) is 0.259. The quantitative estimate of drug-likeness (QED) is 0.486. The van der Waals surface area contributed by atoms with Gasteiger partial charge in [-0.2, -0.15) is 0 Å². The van der Waals surface area contributed by atoms with Crippen molar-refractivity contribution in [1.29, 1.82) is 0 Å². The maximum Gasteiger partial charge on any atom is 0.261 e. The molecule has 0 spiro atoms. The Bertz CT molecular complexity index is 1020. The number of hydrogen-bond acceptors (Lipinski definition) is 4. The maximum atomic E-state index is 13.4. The fourth-order valence-electron chi connectivity index (χ4n) is 3.59. The molecule has 1 N–H and O–H groups in total. The molecule has 0 aromatic heterocycles. The number of ether oxygens (including phenoxy) is 2. The molecule has 0 aliphatic heterocycles. The molecule has 172 valence electrons. The average Bonchev–Trinajstić information content (AvgIpc) is 2.86. The molecule has 0 saturated carbocycles. The molecule has 6 nitrogen and oxygen atoms in total. The maximum absolute atomic E-state index is 13.4. The molecule has 3 aromatic carbocycles. The fourth-order valence-corrected chi connectivity index (χ4v) is 3.59. The van der Waals surface area contributed by atoms with E-state index in [1.807, 2.05) is 79.7 Å². The summed E-state index contributed by atoms with van der Waals surface area (Å²) >= 11 is 0. The van der Waals surface area contributed by atoms with Crippen molar-refractivity contribution in [1.82, 2.24) is 10.2 Å². The van der Waals surface area contributed by atoms with E-state index >= 15 is 0 Å². The van der Waals surface area contributed by atoms with Crippen LogP contribution in [0.3, 0.4) is 0 Å². The number of rotatable bonds is 11. The van der Waals surface area contributed by atoms with Gasteiger partial charge in [0, 0.05) is 19.5 Å². The number of nitrogens with one attached hydrogen (secondary N) is 1. The van der Waals surface area contributed by atoms with Crippen molar-refractivity contribution < 1.29 is 19.1 Å². The van der Waals surface area contributed by atoms with E-state index in [0.717, 1.165) is 11.1 Å². The van der Waals surface area contributed by atoms with Crippen LogP contribution in [0.25, 0.3) is 0 Å². The van der Waals surface area contributed by atoms with Crippen molar-refractivity contribution in [2.45, 2.75) is 25.9 Å². The summed E-state index contributed by atoms with van der Waals surface area (Å²) < 4.78 is 11.1. The normalized spacial score (nSPS) is 11.3. The van der Waals surface area contributed by atoms with E-state index in [-0.39, 0.29) is 18.4 Å². The van der Waals surface area contributed by atoms with Gasteiger partial charge >= 0.3 is 0 Å². The Morgan fingerprint density at radius 2 is 1.42 bits per heavy atom. The van der Waals surface area contributed by atoms with Crippen LogP contribution in [0, 0.1) is 0 Å². The summed E-state index contributed by atoms with van der Waals surface area (Å²) in [6.45, 7) is 2.43. The molecule has 0 bridgehead atoms. The van der Waals surface area contributed by atoms with Crippen molar-refractivity contribution in [2.24, 2.45) is 0 Å². The van der Waals surface area contributed by atoms with Crippen molar-refractivity contribution >= 4 is 11.8 Å². The molecule has 1 unspecified atom stereocenters. The predicted octanol–water partition coefficient (Wildman–Crippen LogP) is 3.85. The Kier molecular flexibility index (Phi) is 8.88. The first-order chi connectivity index (χ1) is 16.1. The van der Waals surface area contributed by atoms with Gasteiger partial charge in [-0.25, -0.2) is 0 Å². The highest BCUT2D eigenvalue weighted by atomic mass is 16.5. The lowest BCUT2D eigenvalue weighted by Crippen LogP contribution is -2.51. The first kappa shape index (κ1) is 23.9. The minimum atomic E-state index is -0.679. The number of likely N-dealkylation sites (N-methyl/N-ethyl adjacent to an activating group) is 1. The lowest BCUT2D eigenvalue weighted by atomic mass is 10.0. The number of nitrogens with zero attached hydrogens (tertiary/aromatic N) is 1. The molecule has 6 heteroatoms. The van der Waals surface area contributed by atoms with E-state index in [4.69, 9.17) is 9.47 Å². The van der Waals surface area contributed by atoms with Crippen LogP contribution < -0.4 is 14.8 Å². The van der Waals surface area contributed by atoms with Crippen molar-refractivity contribution in [3.05, 3.63) is 96.1 Å². The third-order valence-electron chi connectivity index (χ3n) is 5.24. The second-order valence-corrected chi connectivity index (χ2v) is 7.55. The molecule has 0 radical (unpaired) electrons. The van der Waals surface area contributed by atoms with Crippen LogP contribution in [0.5, 0.6) is 11.5 Å². The summed E-state index contributed by atoms with van der Waals surface area (Å²) in [4.78, 5) is 28.1. The van der Waals surface area contributed by atoms with Gasteiger partial charge in [0.15, 0.2) is 18.1 Å². The second-order valence-electron chi connectivity index (χ2n) is 7.55. The minimum Gasteiger partial charge on any atom is -0.493 e. The Morgan fingerprint density at radius 3 is 2.03 bits per heavy atom. The summed E-state index contributed by atoms with van der Waals surface area (Å²) in [6.07, 6.45) is 0.403. The standard InChI is InChI=1S/C27H30N2O4/c1-3-28-27(31)23(18-21-12-6-4-7-13-21)29(19-22-14-8-5-9-15-22)26(30)20-33-25-17-11-10-16-24(25)32-2/h4-17,23H,3,18-20H2,1-2H3,(H,28,31). The Morgan fingerprint density at radius 1 is 0.848 bits per heavy atom. The van der Waals surface area contributed by atoms with Crippen molar-refractivity contribution in [3.63, 3.8) is 0 Å². The summed E-state index contributed by atoms with van der Waals surface area (Å²) in [6, 6.07) is 25.8. The van der Waals surface area contributed by atoms with E-state index in [1.54, 1.807) is 24.1 Å². The average molecular weight is 447 g/mol. The number of methoxy groups -OCH3 is 1. The number of para-hydroxylation sites is 2. The molecule has 0 heterocycles. The highest BCUT2D eigenvalue weighted by molar-refractivity contribution is 5.88. The molecular weight excluding hydrogens is 416 g/mol. The van der Waals surface area contributed by atoms with Crippen molar-refractivity contribution in [2.75, 3.05) is 20.3 Å². The van der Waals surface area contributed by atoms with Gasteiger partial charge in [0.2, 0.25) is 5.91 Å². The molecule has 33 heavy (non-hydrogen) atoms. The Balaban J connectivity index is 1.87. The van der Waals surface area contributed by atoms with E-state index in [0.29, 0.717) is 31.0 Å². The molecule has 3 aromatic rings. The number of hydrogen-bond donors (Lipinski definition) is 1. The molecular formula is C27H30N2O4. The molecule has 0 aliphatic rings. The van der Waals surface area contributed by atoms with Crippen LogP contribution in [0.4, 0.5) is 0 Å². The van der Waals surface area contributed by atoms with E-state index < -0.39 is 6.04 Å². The van der Waals surface area contributed by atoms with E-state index in [9.17, 15) is 9.59 Å². The van der Waals surface area contributed by atoms with E-state index in [1.165, 1.54) is 0 Å². The van der Waals surface area contributed by atoms with Crippen molar-refractivity contribution in [3.8, 4) is 11.5 Å². The molecule has 2 amide bonds. The largest absolute Gasteiger partial charge is 0.493 e. The SMILES string of the molecule is CCNC(=O)C(Cc1ccccc1)N(Cc1ccccc1)C(=O)COc1ccccc1OC. The lowest BCUT2D eigenvalue weighted by Gasteiger charge is -2.31. The van der Waals surface area contributed by atoms with Crippen LogP contribution in [-0.2, 0) is 22.6 Å². The van der Waals surface area contributed by atoms with Gasteiger partial charge in [0.25, 0.3) is 5.91 Å². The lowest BCUT2D eigenvalue weighted by molar-refractivity contribution is -0.142. The van der Waals surface area contributed by atoms with Gasteiger partial charge in [-0.15, -0.1) is 0 Å². The van der Waals surface area contributed by atoms with Gasteiger partial charge in [0.1, 0.15) is 6.04 Å². The van der Waals surface area contributed by atoms with Crippen LogP contribution in [0.15, 0.2) is 84.9 Å². The first-order valence-corrected chi connectivity index (χ1v) is 11.0. The van der Waals surface area contributed by atoms with Gasteiger partial charge < -0.3 is 19.7 Å². The summed E-state index contributed by atoms with van der Waals surface area (Å²) in [5, 5.41) is 2.89. The van der Waals surface area contributed by atoms with E-state index in [2.05, 4.69) is 5.32 Å². The molecule has 0 aliphatic carbocycles. The monoisotopic (exact) mass is 446 g/mol. The Hall–Kier alpha value is -3.80. The molecule has 1 atom stereocenters. The minimum absolute atomic E-state index is 0.192. The Labute approximate surface area is 195 Å². The summed E-state index contributed by atoms with van der Waals surface area (Å²) in [5.41, 5.74) is 1.91. The number of carbonyl (C=O) groups is 2. The van der Waals surface area contributed by atoms with Crippen LogP contribution >= 0.6 is 0 Å². The van der Waals surface area contributed by atoms with Gasteiger partial charge in [-0.3, -0.25) is 9.59 Å². The van der Waals surface area contributed by atoms with Crippen LogP contribution in [0.2, 0.25) is 0 Å². The zero-order valence-electron chi connectivity index (χ0n) is 19.1. The highest BCUT2D eigenvalue weighted by Crippen LogP contribution is 2.26. The smallest absolute Gasteiger partial charge is 0.261 e. The van der Waals surface area contributed by atoms with Gasteiger partial charge in [0.05, 0.1) is 7.11 Å². The summed E-state index contributed by atoms with van der Waals surface area (Å²) in [5.74, 6) is 0.551.